The first kappa shape index (κ1) is 24.4. The van der Waals surface area contributed by atoms with Gasteiger partial charge in [0.2, 0.25) is 5.95 Å². The minimum absolute atomic E-state index is 0.119. The van der Waals surface area contributed by atoms with E-state index in [9.17, 15) is 4.79 Å². The smallest absolute Gasteiger partial charge is 0.263 e. The molecule has 4 aromatic heterocycles. The number of hydrogen-bond donors (Lipinski definition) is 2. The highest BCUT2D eigenvalue weighted by Crippen LogP contribution is 2.31. The Labute approximate surface area is 235 Å². The number of fused-ring (bicyclic) bond motifs is 3. The summed E-state index contributed by atoms with van der Waals surface area (Å²) in [6.45, 7) is 1.99. The van der Waals surface area contributed by atoms with E-state index >= 15 is 0 Å². The molecule has 41 heavy (non-hydrogen) atoms. The van der Waals surface area contributed by atoms with E-state index in [4.69, 9.17) is 5.73 Å². The fraction of sp³-hybridized carbons (Fsp3) is 0.0606. The maximum Gasteiger partial charge on any atom is 0.263 e. The fourth-order valence-corrected chi connectivity index (χ4v) is 5.37. The molecule has 4 heterocycles. The average molecular weight is 536 g/mol. The van der Waals surface area contributed by atoms with Crippen LogP contribution < -0.4 is 16.6 Å². The number of nitrogens with zero attached hydrogens (tertiary/aromatic N) is 5. The van der Waals surface area contributed by atoms with Crippen molar-refractivity contribution in [3.8, 4) is 16.8 Å². The van der Waals surface area contributed by atoms with Gasteiger partial charge in [0.15, 0.2) is 5.82 Å². The number of rotatable bonds is 5. The number of para-hydroxylation sites is 2. The Balaban J connectivity index is 1.44. The number of aromatic nitrogens is 5. The van der Waals surface area contributed by atoms with Crippen molar-refractivity contribution in [2.24, 2.45) is 0 Å². The van der Waals surface area contributed by atoms with Crippen molar-refractivity contribution in [3.05, 3.63) is 126 Å². The second-order valence-corrected chi connectivity index (χ2v) is 9.90. The largest absolute Gasteiger partial charge is 0.368 e. The lowest BCUT2D eigenvalue weighted by Crippen LogP contribution is -2.26. The van der Waals surface area contributed by atoms with E-state index in [2.05, 4.69) is 37.4 Å². The zero-order chi connectivity index (χ0) is 27.9. The molecule has 0 radical (unpaired) electrons. The molecule has 3 N–H and O–H groups in total. The van der Waals surface area contributed by atoms with Gasteiger partial charge in [0.1, 0.15) is 5.52 Å². The number of nitrogens with two attached hydrogens (primary N) is 1. The number of anilines is 2. The lowest BCUT2D eigenvalue weighted by atomic mass is 9.98. The van der Waals surface area contributed by atoms with Crippen LogP contribution in [0, 0.1) is 0 Å². The van der Waals surface area contributed by atoms with Gasteiger partial charge in [-0.1, -0.05) is 54.6 Å². The van der Waals surface area contributed by atoms with Gasteiger partial charge in [-0.15, -0.1) is 0 Å². The topological polar surface area (TPSA) is 112 Å². The molecule has 0 bridgehead atoms. The first-order chi connectivity index (χ1) is 20.1. The van der Waals surface area contributed by atoms with Crippen LogP contribution in [0.15, 0.2) is 114 Å². The van der Waals surface area contributed by atoms with E-state index in [1.807, 2.05) is 92.0 Å². The molecular formula is C33H25N7O. The van der Waals surface area contributed by atoms with Gasteiger partial charge in [-0.05, 0) is 60.3 Å². The van der Waals surface area contributed by atoms with Crippen LogP contribution in [-0.2, 0) is 0 Å². The van der Waals surface area contributed by atoms with Gasteiger partial charge in [-0.2, -0.15) is 4.98 Å². The summed E-state index contributed by atoms with van der Waals surface area (Å²) in [4.78, 5) is 32.3. The van der Waals surface area contributed by atoms with Crippen LogP contribution in [0.2, 0.25) is 0 Å². The van der Waals surface area contributed by atoms with Crippen LogP contribution in [0.5, 0.6) is 0 Å². The molecule has 7 rings (SSSR count). The molecule has 0 aliphatic heterocycles. The van der Waals surface area contributed by atoms with E-state index in [-0.39, 0.29) is 17.5 Å². The van der Waals surface area contributed by atoms with E-state index in [1.54, 1.807) is 16.8 Å². The number of hydrogen-bond acceptors (Lipinski definition) is 7. The molecule has 3 aromatic carbocycles. The van der Waals surface area contributed by atoms with Crippen molar-refractivity contribution in [2.45, 2.75) is 13.0 Å². The SMILES string of the molecule is CC(Nc1nc(N)nc2cccnc12)c1cc2cccc(-c3cnc4ccccc4c3)c2c(=O)n1-c1ccccc1. The molecule has 0 spiro atoms. The van der Waals surface area contributed by atoms with E-state index in [1.165, 1.54) is 0 Å². The van der Waals surface area contributed by atoms with Crippen LogP contribution in [0.4, 0.5) is 11.8 Å². The lowest BCUT2D eigenvalue weighted by molar-refractivity contribution is 0.774. The van der Waals surface area contributed by atoms with E-state index in [0.29, 0.717) is 22.2 Å². The third kappa shape index (κ3) is 4.31. The van der Waals surface area contributed by atoms with Crippen molar-refractivity contribution >= 4 is 44.5 Å². The fourth-order valence-electron chi connectivity index (χ4n) is 5.37. The molecule has 1 unspecified atom stereocenters. The Morgan fingerprint density at radius 1 is 0.805 bits per heavy atom. The molecular weight excluding hydrogens is 510 g/mol. The summed E-state index contributed by atoms with van der Waals surface area (Å²) in [7, 11) is 0. The summed E-state index contributed by atoms with van der Waals surface area (Å²) in [6.07, 6.45) is 3.52. The molecule has 198 valence electrons. The molecule has 1 atom stereocenters. The summed E-state index contributed by atoms with van der Waals surface area (Å²) < 4.78 is 1.76. The van der Waals surface area contributed by atoms with Crippen molar-refractivity contribution in [1.82, 2.24) is 24.5 Å². The summed E-state index contributed by atoms with van der Waals surface area (Å²) in [6, 6.07) is 31.0. The number of benzene rings is 3. The van der Waals surface area contributed by atoms with E-state index in [0.717, 1.165) is 38.8 Å². The molecule has 0 saturated carbocycles. The summed E-state index contributed by atoms with van der Waals surface area (Å²) >= 11 is 0. The van der Waals surface area contributed by atoms with Crippen molar-refractivity contribution in [3.63, 3.8) is 0 Å². The maximum atomic E-state index is 14.5. The lowest BCUT2D eigenvalue weighted by Gasteiger charge is -2.22. The monoisotopic (exact) mass is 535 g/mol. The Kier molecular flexibility index (Phi) is 5.86. The summed E-state index contributed by atoms with van der Waals surface area (Å²) in [5, 5.41) is 5.93. The van der Waals surface area contributed by atoms with Gasteiger partial charge in [0, 0.05) is 34.7 Å². The highest BCUT2D eigenvalue weighted by Gasteiger charge is 2.20. The Bertz CT molecular complexity index is 2140. The number of nitrogen functional groups attached to an aromatic ring is 1. The first-order valence-electron chi connectivity index (χ1n) is 13.3. The van der Waals surface area contributed by atoms with E-state index < -0.39 is 0 Å². The van der Waals surface area contributed by atoms with Crippen LogP contribution in [0.1, 0.15) is 18.7 Å². The van der Waals surface area contributed by atoms with Gasteiger partial charge < -0.3 is 11.1 Å². The quantitative estimate of drug-likeness (QED) is 0.266. The molecule has 7 aromatic rings. The third-order valence-corrected chi connectivity index (χ3v) is 7.26. The number of pyridine rings is 3. The van der Waals surface area contributed by atoms with Gasteiger partial charge in [-0.3, -0.25) is 19.3 Å². The molecule has 8 nitrogen and oxygen atoms in total. The second kappa shape index (κ2) is 9.84. The molecule has 0 aliphatic rings. The van der Waals surface area contributed by atoms with Crippen LogP contribution >= 0.6 is 0 Å². The van der Waals surface area contributed by atoms with Gasteiger partial charge in [-0.25, -0.2) is 4.98 Å². The van der Waals surface area contributed by atoms with Crippen molar-refractivity contribution in [2.75, 3.05) is 11.1 Å². The maximum absolute atomic E-state index is 14.5. The molecule has 0 fully saturated rings. The second-order valence-electron chi connectivity index (χ2n) is 9.90. The minimum atomic E-state index is -0.335. The molecule has 0 saturated heterocycles. The predicted octanol–water partition coefficient (Wildman–Crippen LogP) is 6.30. The molecule has 0 amide bonds. The highest BCUT2D eigenvalue weighted by molar-refractivity contribution is 5.98. The standard InChI is InChI=1S/C33H25N7O/c1-20(37-31-30-27(15-8-16-35-30)38-33(34)39-31)28-18-22-10-7-13-25(23-17-21-9-5-6-14-26(21)36-19-23)29(22)32(41)40(28)24-11-3-2-4-12-24/h2-20H,1H3,(H3,34,37,38,39). The summed E-state index contributed by atoms with van der Waals surface area (Å²) in [5.74, 6) is 0.650. The Hall–Kier alpha value is -5.63. The predicted molar refractivity (Wildman–Crippen MR) is 164 cm³/mol. The zero-order valence-corrected chi connectivity index (χ0v) is 22.2. The van der Waals surface area contributed by atoms with Crippen LogP contribution in [0.25, 0.3) is 49.5 Å². The minimum Gasteiger partial charge on any atom is -0.368 e. The van der Waals surface area contributed by atoms with Gasteiger partial charge >= 0.3 is 0 Å². The van der Waals surface area contributed by atoms with Crippen molar-refractivity contribution < 1.29 is 0 Å². The molecule has 0 aliphatic carbocycles. The third-order valence-electron chi connectivity index (χ3n) is 7.26. The van der Waals surface area contributed by atoms with Crippen LogP contribution in [0.3, 0.4) is 0 Å². The average Bonchev–Trinajstić information content (AvgIpc) is 3.00. The van der Waals surface area contributed by atoms with Crippen molar-refractivity contribution in [1.29, 1.82) is 0 Å². The molecule has 8 heteroatoms. The summed E-state index contributed by atoms with van der Waals surface area (Å²) in [5.41, 5.74) is 11.3. The Morgan fingerprint density at radius 2 is 1.59 bits per heavy atom. The van der Waals surface area contributed by atoms with Gasteiger partial charge in [0.05, 0.1) is 22.5 Å². The van der Waals surface area contributed by atoms with Crippen LogP contribution in [-0.4, -0.2) is 24.5 Å². The first-order valence-corrected chi connectivity index (χ1v) is 13.3. The highest BCUT2D eigenvalue weighted by atomic mass is 16.1. The number of nitrogens with one attached hydrogen (secondary N) is 1. The Morgan fingerprint density at radius 3 is 2.46 bits per heavy atom. The zero-order valence-electron chi connectivity index (χ0n) is 22.2. The van der Waals surface area contributed by atoms with Gasteiger partial charge in [0.25, 0.3) is 5.56 Å². The normalized spacial score (nSPS) is 12.1.